The van der Waals surface area contributed by atoms with Crippen LogP contribution in [0.5, 0.6) is 0 Å². The van der Waals surface area contributed by atoms with Crippen LogP contribution in [0.4, 0.5) is 0 Å². The summed E-state index contributed by atoms with van der Waals surface area (Å²) >= 11 is 0. The van der Waals surface area contributed by atoms with Gasteiger partial charge in [0.2, 0.25) is 11.3 Å². The van der Waals surface area contributed by atoms with Gasteiger partial charge in [0.05, 0.1) is 22.0 Å². The molecule has 0 saturated heterocycles. The molecule has 0 radical (unpaired) electrons. The molecule has 0 spiro atoms. The van der Waals surface area contributed by atoms with Crippen molar-refractivity contribution < 1.29 is 14.5 Å². The summed E-state index contributed by atoms with van der Waals surface area (Å²) in [6.07, 6.45) is 5.68. The van der Waals surface area contributed by atoms with Gasteiger partial charge in [-0.1, -0.05) is 18.2 Å². The van der Waals surface area contributed by atoms with Crippen LogP contribution in [0.1, 0.15) is 24.0 Å². The minimum Gasteiger partial charge on any atom is -0.506 e. The number of fused-ring (bicyclic) bond motifs is 2. The second-order valence-corrected chi connectivity index (χ2v) is 7.15. The minimum atomic E-state index is -0.178. The van der Waals surface area contributed by atoms with E-state index >= 15 is 0 Å². The van der Waals surface area contributed by atoms with Gasteiger partial charge in [-0.15, -0.1) is 0 Å². The molecule has 0 bridgehead atoms. The fourth-order valence-electron chi connectivity index (χ4n) is 4.02. The summed E-state index contributed by atoms with van der Waals surface area (Å²) < 4.78 is 4.07. The lowest BCUT2D eigenvalue weighted by Crippen LogP contribution is -2.32. The maximum Gasteiger partial charge on any atom is 0.213 e. The predicted octanol–water partition coefficient (Wildman–Crippen LogP) is 4.04. The Morgan fingerprint density at radius 3 is 2.72 bits per heavy atom. The van der Waals surface area contributed by atoms with Gasteiger partial charge in [0.15, 0.2) is 6.20 Å². The number of Topliss-reactive ketones (excluding diaryl/α,β-unsaturated/α-hetero) is 1. The van der Waals surface area contributed by atoms with Crippen LogP contribution < -0.4 is 4.57 Å². The highest BCUT2D eigenvalue weighted by Crippen LogP contribution is 2.38. The molecule has 4 aromatic rings. The molecule has 1 aliphatic rings. The van der Waals surface area contributed by atoms with E-state index in [2.05, 4.69) is 22.5 Å². The molecular weight excluding hydrogens is 362 g/mol. The number of rotatable bonds is 3. The first-order valence-corrected chi connectivity index (χ1v) is 9.65. The lowest BCUT2D eigenvalue weighted by molar-refractivity contribution is -0.667. The van der Waals surface area contributed by atoms with Crippen LogP contribution in [0, 0.1) is 6.92 Å². The lowest BCUT2D eigenvalue weighted by atomic mass is 9.84. The standard InChI is InChI=1S/C24H19N3O2/c1-3-26-13-11-16(17-8-4-5-9-19(17)26)14-18-23(28)21(24(18)29)22-20-10-6-7-12-27(20)15(2)25-22/h4-14H,3H2,1-2H3/p+1. The summed E-state index contributed by atoms with van der Waals surface area (Å²) in [5.74, 6) is 0.608. The predicted molar refractivity (Wildman–Crippen MR) is 112 cm³/mol. The van der Waals surface area contributed by atoms with Gasteiger partial charge in [0, 0.05) is 18.3 Å². The fraction of sp³-hybridized carbons (Fsp3) is 0.125. The van der Waals surface area contributed by atoms with Gasteiger partial charge in [-0.3, -0.25) is 4.79 Å². The van der Waals surface area contributed by atoms with E-state index in [1.165, 1.54) is 0 Å². The largest absolute Gasteiger partial charge is 0.506 e. The third-order valence-corrected chi connectivity index (χ3v) is 5.52. The Kier molecular flexibility index (Phi) is 3.84. The molecule has 0 saturated carbocycles. The van der Waals surface area contributed by atoms with E-state index in [1.54, 1.807) is 6.08 Å². The molecule has 3 aromatic heterocycles. The van der Waals surface area contributed by atoms with E-state index in [0.29, 0.717) is 11.3 Å². The summed E-state index contributed by atoms with van der Waals surface area (Å²) in [7, 11) is 0. The van der Waals surface area contributed by atoms with Crippen molar-refractivity contribution in [2.75, 3.05) is 0 Å². The number of aromatic nitrogens is 3. The normalized spacial score (nSPS) is 15.5. The van der Waals surface area contributed by atoms with Crippen LogP contribution in [0.2, 0.25) is 0 Å². The number of allylic oxidation sites excluding steroid dienone is 2. The molecule has 3 heterocycles. The zero-order chi connectivity index (χ0) is 20.1. The molecule has 29 heavy (non-hydrogen) atoms. The second kappa shape index (κ2) is 6.41. The van der Waals surface area contributed by atoms with Crippen molar-refractivity contribution in [1.82, 2.24) is 9.38 Å². The molecule has 0 fully saturated rings. The number of imidazole rings is 1. The number of nitrogens with zero attached hydrogens (tertiary/aromatic N) is 3. The number of pyridine rings is 2. The van der Waals surface area contributed by atoms with Gasteiger partial charge in [-0.05, 0) is 43.7 Å². The fourth-order valence-corrected chi connectivity index (χ4v) is 4.02. The van der Waals surface area contributed by atoms with Crippen molar-refractivity contribution in [3.8, 4) is 0 Å². The monoisotopic (exact) mass is 382 g/mol. The second-order valence-electron chi connectivity index (χ2n) is 7.15. The summed E-state index contributed by atoms with van der Waals surface area (Å²) in [5, 5.41) is 11.8. The highest BCUT2D eigenvalue weighted by Gasteiger charge is 2.37. The molecule has 0 unspecified atom stereocenters. The number of carbonyl (C=O) groups excluding carboxylic acids is 1. The third kappa shape index (κ3) is 2.51. The molecule has 0 atom stereocenters. The van der Waals surface area contributed by atoms with Gasteiger partial charge < -0.3 is 9.51 Å². The zero-order valence-corrected chi connectivity index (χ0v) is 16.3. The van der Waals surface area contributed by atoms with Gasteiger partial charge in [0.25, 0.3) is 0 Å². The van der Waals surface area contributed by atoms with E-state index in [0.717, 1.165) is 34.4 Å². The van der Waals surface area contributed by atoms with Crippen LogP contribution in [-0.2, 0) is 11.3 Å². The number of aryl methyl sites for hydroxylation is 2. The number of hydrogen-bond acceptors (Lipinski definition) is 3. The number of hydrogen-bond donors (Lipinski definition) is 1. The third-order valence-electron chi connectivity index (χ3n) is 5.52. The highest BCUT2D eigenvalue weighted by molar-refractivity contribution is 6.41. The van der Waals surface area contributed by atoms with Gasteiger partial charge >= 0.3 is 0 Å². The minimum absolute atomic E-state index is 0.00940. The Hall–Kier alpha value is -3.73. The Morgan fingerprint density at radius 2 is 1.93 bits per heavy atom. The smallest absolute Gasteiger partial charge is 0.213 e. The molecular formula is C24H20N3O2+. The van der Waals surface area contributed by atoms with E-state index in [4.69, 9.17) is 0 Å². The number of aliphatic hydroxyl groups excluding tert-OH is 1. The van der Waals surface area contributed by atoms with Crippen molar-refractivity contribution in [2.24, 2.45) is 0 Å². The van der Waals surface area contributed by atoms with Crippen LogP contribution >= 0.6 is 0 Å². The molecule has 142 valence electrons. The summed E-state index contributed by atoms with van der Waals surface area (Å²) in [4.78, 5) is 17.5. The first kappa shape index (κ1) is 17.4. The van der Waals surface area contributed by atoms with Crippen molar-refractivity contribution >= 4 is 33.9 Å². The lowest BCUT2D eigenvalue weighted by Gasteiger charge is -2.20. The van der Waals surface area contributed by atoms with Gasteiger partial charge in [-0.25, -0.2) is 4.98 Å². The number of carbonyl (C=O) groups is 1. The van der Waals surface area contributed by atoms with E-state index in [1.807, 2.05) is 66.2 Å². The van der Waals surface area contributed by atoms with Crippen LogP contribution in [0.15, 0.2) is 72.3 Å². The molecule has 1 aromatic carbocycles. The SMILES string of the molecule is CC[n+]1ccc(C=C2C(=O)C(c3nc(C)n4ccccc34)=C2O)c2ccccc21. The summed E-state index contributed by atoms with van der Waals surface area (Å²) in [6, 6.07) is 15.8. The van der Waals surface area contributed by atoms with Crippen molar-refractivity contribution in [3.05, 3.63) is 89.3 Å². The maximum atomic E-state index is 12.9. The topological polar surface area (TPSA) is 58.5 Å². The maximum absolute atomic E-state index is 12.9. The first-order valence-electron chi connectivity index (χ1n) is 9.65. The summed E-state index contributed by atoms with van der Waals surface area (Å²) in [5.41, 5.74) is 3.96. The molecule has 5 rings (SSSR count). The first-order chi connectivity index (χ1) is 14.1. The van der Waals surface area contributed by atoms with E-state index in [9.17, 15) is 9.90 Å². The number of para-hydroxylation sites is 1. The molecule has 0 amide bonds. The highest BCUT2D eigenvalue weighted by atomic mass is 16.3. The van der Waals surface area contributed by atoms with Crippen molar-refractivity contribution in [3.63, 3.8) is 0 Å². The van der Waals surface area contributed by atoms with Gasteiger partial charge in [-0.2, -0.15) is 4.57 Å². The van der Waals surface area contributed by atoms with E-state index < -0.39 is 0 Å². The number of benzene rings is 1. The molecule has 1 aliphatic carbocycles. The Bertz CT molecular complexity index is 1380. The zero-order valence-electron chi connectivity index (χ0n) is 16.3. The van der Waals surface area contributed by atoms with Crippen LogP contribution in [0.25, 0.3) is 28.1 Å². The van der Waals surface area contributed by atoms with Crippen LogP contribution in [-0.4, -0.2) is 20.3 Å². The molecule has 5 nitrogen and oxygen atoms in total. The van der Waals surface area contributed by atoms with Crippen LogP contribution in [0.3, 0.4) is 0 Å². The molecule has 1 N–H and O–H groups in total. The summed E-state index contributed by atoms with van der Waals surface area (Å²) in [6.45, 7) is 4.84. The Balaban J connectivity index is 1.65. The average molecular weight is 382 g/mol. The number of aliphatic hydroxyl groups is 1. The van der Waals surface area contributed by atoms with Gasteiger partial charge in [0.1, 0.15) is 23.8 Å². The average Bonchev–Trinajstić information content (AvgIpc) is 3.08. The Morgan fingerprint density at radius 1 is 1.14 bits per heavy atom. The molecule has 0 aliphatic heterocycles. The molecule has 5 heteroatoms. The van der Waals surface area contributed by atoms with E-state index in [-0.39, 0.29) is 17.1 Å². The number of ketones is 1. The quantitative estimate of drug-likeness (QED) is 0.430. The Labute approximate surface area is 167 Å². The van der Waals surface area contributed by atoms with Crippen molar-refractivity contribution in [2.45, 2.75) is 20.4 Å². The van der Waals surface area contributed by atoms with Crippen molar-refractivity contribution in [1.29, 1.82) is 0 Å².